The third-order valence-corrected chi connectivity index (χ3v) is 7.69. The first-order chi connectivity index (χ1) is 17.6. The van der Waals surface area contributed by atoms with Crippen molar-refractivity contribution in [3.8, 4) is 0 Å². The van der Waals surface area contributed by atoms with Crippen molar-refractivity contribution in [2.24, 2.45) is 0 Å². The van der Waals surface area contributed by atoms with Crippen LogP contribution in [0.2, 0.25) is 0 Å². The van der Waals surface area contributed by atoms with Gasteiger partial charge in [0.15, 0.2) is 0 Å². The van der Waals surface area contributed by atoms with Gasteiger partial charge in [-0.25, -0.2) is 0 Å². The molecule has 2 heterocycles. The molecule has 36 heavy (non-hydrogen) atoms. The van der Waals surface area contributed by atoms with Crippen molar-refractivity contribution in [1.29, 1.82) is 0 Å². The highest BCUT2D eigenvalue weighted by Gasteiger charge is 2.32. The minimum Gasteiger partial charge on any atom is -0.416 e. The van der Waals surface area contributed by atoms with Gasteiger partial charge in [-0.05, 0) is 43.2 Å². The molecule has 0 bridgehead atoms. The summed E-state index contributed by atoms with van der Waals surface area (Å²) in [7, 11) is 0. The van der Waals surface area contributed by atoms with Gasteiger partial charge in [-0.2, -0.15) is 0 Å². The maximum absolute atomic E-state index is 13.0. The van der Waals surface area contributed by atoms with Crippen molar-refractivity contribution < 1.29 is 18.8 Å². The molecule has 3 aromatic rings. The Labute approximate surface area is 214 Å². The lowest BCUT2D eigenvalue weighted by molar-refractivity contribution is -0.119. The molecule has 1 fully saturated rings. The molecule has 2 aromatic carbocycles. The highest BCUT2D eigenvalue weighted by molar-refractivity contribution is 7.99. The van der Waals surface area contributed by atoms with Gasteiger partial charge < -0.3 is 9.73 Å². The van der Waals surface area contributed by atoms with Crippen LogP contribution in [0.3, 0.4) is 0 Å². The lowest BCUT2D eigenvalue weighted by Gasteiger charge is -2.27. The first-order valence-corrected chi connectivity index (χ1v) is 13.7. The lowest BCUT2D eigenvalue weighted by atomic mass is 9.94. The summed E-state index contributed by atoms with van der Waals surface area (Å²) in [6, 6.07) is 11.4. The summed E-state index contributed by atoms with van der Waals surface area (Å²) in [5, 5.41) is 13.3. The summed E-state index contributed by atoms with van der Waals surface area (Å²) in [6.45, 7) is 0.378. The van der Waals surface area contributed by atoms with Crippen molar-refractivity contribution in [3.05, 3.63) is 53.4 Å². The van der Waals surface area contributed by atoms with Gasteiger partial charge in [-0.3, -0.25) is 19.3 Å². The first kappa shape index (κ1) is 24.5. The van der Waals surface area contributed by atoms with Crippen LogP contribution in [-0.2, 0) is 11.2 Å². The summed E-state index contributed by atoms with van der Waals surface area (Å²) < 4.78 is 5.67. The quantitative estimate of drug-likeness (QED) is 0.240. The van der Waals surface area contributed by atoms with Gasteiger partial charge in [-0.1, -0.05) is 61.7 Å². The number of rotatable bonds is 10. The van der Waals surface area contributed by atoms with E-state index in [1.807, 2.05) is 24.3 Å². The Kier molecular flexibility index (Phi) is 7.65. The molecule has 1 aliphatic carbocycles. The Hall–Kier alpha value is -3.20. The summed E-state index contributed by atoms with van der Waals surface area (Å²) in [4.78, 5) is 39.4. The molecule has 1 aliphatic heterocycles. The molecule has 3 amide bonds. The second-order valence-electron chi connectivity index (χ2n) is 9.43. The van der Waals surface area contributed by atoms with Gasteiger partial charge in [0.25, 0.3) is 17.0 Å². The van der Waals surface area contributed by atoms with Crippen LogP contribution in [0.15, 0.2) is 46.0 Å². The second kappa shape index (κ2) is 11.2. The summed E-state index contributed by atoms with van der Waals surface area (Å²) in [6.07, 6.45) is 8.68. The molecule has 0 spiro atoms. The molecule has 0 unspecified atom stereocenters. The average Bonchev–Trinajstić information content (AvgIpc) is 3.36. The fraction of sp³-hybridized carbons (Fsp3) is 0.444. The van der Waals surface area contributed by atoms with E-state index in [4.69, 9.17) is 4.42 Å². The molecule has 0 radical (unpaired) electrons. The number of nitrogens with one attached hydrogen (secondary N) is 1. The fourth-order valence-corrected chi connectivity index (χ4v) is 5.64. The number of carbonyl (C=O) groups excluding carboxylic acids is 3. The van der Waals surface area contributed by atoms with Crippen LogP contribution >= 0.6 is 11.8 Å². The minimum absolute atomic E-state index is 0.00677. The third kappa shape index (κ3) is 5.46. The van der Waals surface area contributed by atoms with Crippen LogP contribution in [0.4, 0.5) is 0 Å². The SMILES string of the molecule is O=C(CSc1nnc(CCCCCN2C(=O)c3cccc4cccc(c34)C2=O)o1)NC1CCCCC1. The normalized spacial score (nSPS) is 16.1. The first-order valence-electron chi connectivity index (χ1n) is 12.7. The van der Waals surface area contributed by atoms with E-state index in [-0.39, 0.29) is 23.5 Å². The van der Waals surface area contributed by atoms with E-state index in [1.54, 1.807) is 12.1 Å². The number of aromatic nitrogens is 2. The predicted molar refractivity (Wildman–Crippen MR) is 137 cm³/mol. The monoisotopic (exact) mass is 506 g/mol. The summed E-state index contributed by atoms with van der Waals surface area (Å²) in [5.41, 5.74) is 1.18. The van der Waals surface area contributed by atoms with Crippen molar-refractivity contribution >= 4 is 40.3 Å². The molecule has 188 valence electrons. The highest BCUT2D eigenvalue weighted by atomic mass is 32.2. The van der Waals surface area contributed by atoms with Crippen molar-refractivity contribution in [2.45, 2.75) is 69.1 Å². The number of benzene rings is 2. The number of amides is 3. The predicted octanol–water partition coefficient (Wildman–Crippen LogP) is 4.77. The maximum Gasteiger partial charge on any atom is 0.277 e. The highest BCUT2D eigenvalue weighted by Crippen LogP contribution is 2.30. The molecule has 0 saturated heterocycles. The number of unbranched alkanes of at least 4 members (excludes halogenated alkanes) is 2. The van der Waals surface area contributed by atoms with Crippen molar-refractivity contribution in [3.63, 3.8) is 0 Å². The molecule has 1 N–H and O–H groups in total. The Morgan fingerprint density at radius 1 is 0.972 bits per heavy atom. The Bertz CT molecular complexity index is 1220. The van der Waals surface area contributed by atoms with Crippen molar-refractivity contribution in [1.82, 2.24) is 20.4 Å². The largest absolute Gasteiger partial charge is 0.416 e. The number of thioether (sulfide) groups is 1. The molecule has 5 rings (SSSR count). The van der Waals surface area contributed by atoms with E-state index in [0.717, 1.165) is 36.5 Å². The van der Waals surface area contributed by atoms with Gasteiger partial charge in [0, 0.05) is 35.5 Å². The molecule has 9 heteroatoms. The third-order valence-electron chi connectivity index (χ3n) is 6.87. The number of hydrogen-bond donors (Lipinski definition) is 1. The van der Waals surface area contributed by atoms with Gasteiger partial charge >= 0.3 is 0 Å². The van der Waals surface area contributed by atoms with Crippen LogP contribution in [0.5, 0.6) is 0 Å². The molecule has 2 aliphatic rings. The standard InChI is InChI=1S/C27H30N4O4S/c32-22(28-19-11-3-1-4-12-19)17-36-27-30-29-23(35-27)15-5-2-6-16-31-25(33)20-13-7-9-18-10-8-14-21(24(18)20)26(31)34/h7-10,13-14,19H,1-6,11-12,15-17H2,(H,28,32). The Morgan fingerprint density at radius 3 is 2.42 bits per heavy atom. The number of nitrogens with zero attached hydrogens (tertiary/aromatic N) is 3. The van der Waals surface area contributed by atoms with E-state index < -0.39 is 0 Å². The molecule has 8 nitrogen and oxygen atoms in total. The smallest absolute Gasteiger partial charge is 0.277 e. The number of aryl methyl sites for hydroxylation is 1. The zero-order valence-corrected chi connectivity index (χ0v) is 21.0. The van der Waals surface area contributed by atoms with Crippen LogP contribution in [0.25, 0.3) is 10.8 Å². The van der Waals surface area contributed by atoms with Gasteiger partial charge in [0.05, 0.1) is 5.75 Å². The van der Waals surface area contributed by atoms with Crippen LogP contribution < -0.4 is 5.32 Å². The van der Waals surface area contributed by atoms with Crippen LogP contribution in [0, 0.1) is 0 Å². The maximum atomic E-state index is 13.0. The van der Waals surface area contributed by atoms with Gasteiger partial charge in [-0.15, -0.1) is 10.2 Å². The Morgan fingerprint density at radius 2 is 1.69 bits per heavy atom. The lowest BCUT2D eigenvalue weighted by Crippen LogP contribution is -2.40. The molecule has 0 atom stereocenters. The number of hydrogen-bond acceptors (Lipinski definition) is 7. The Balaban J connectivity index is 1.04. The topological polar surface area (TPSA) is 105 Å². The summed E-state index contributed by atoms with van der Waals surface area (Å²) in [5.74, 6) is 0.362. The molecular weight excluding hydrogens is 476 g/mol. The van der Waals surface area contributed by atoms with Crippen LogP contribution in [-0.4, -0.2) is 51.2 Å². The number of imide groups is 1. The zero-order chi connectivity index (χ0) is 24.9. The molecule has 1 aromatic heterocycles. The summed E-state index contributed by atoms with van der Waals surface area (Å²) >= 11 is 1.26. The van der Waals surface area contributed by atoms with E-state index in [1.165, 1.54) is 35.9 Å². The van der Waals surface area contributed by atoms with Crippen molar-refractivity contribution in [2.75, 3.05) is 12.3 Å². The molecular formula is C27H30N4O4S. The van der Waals surface area contributed by atoms with E-state index in [9.17, 15) is 14.4 Å². The van der Waals surface area contributed by atoms with E-state index >= 15 is 0 Å². The fourth-order valence-electron chi connectivity index (χ4n) is 5.05. The average molecular weight is 507 g/mol. The van der Waals surface area contributed by atoms with Gasteiger partial charge in [0.1, 0.15) is 0 Å². The van der Waals surface area contributed by atoms with Gasteiger partial charge in [0.2, 0.25) is 11.8 Å². The second-order valence-corrected chi connectivity index (χ2v) is 10.4. The van der Waals surface area contributed by atoms with Crippen LogP contribution in [0.1, 0.15) is 78.0 Å². The van der Waals surface area contributed by atoms with E-state index in [2.05, 4.69) is 15.5 Å². The molecule has 1 saturated carbocycles. The minimum atomic E-state index is -0.226. The van der Waals surface area contributed by atoms with E-state index in [0.29, 0.717) is 47.7 Å². The number of carbonyl (C=O) groups is 3. The zero-order valence-electron chi connectivity index (χ0n) is 20.2.